The third-order valence-electron chi connectivity index (χ3n) is 5.05. The first kappa shape index (κ1) is 21.3. The van der Waals surface area contributed by atoms with Gasteiger partial charge in [-0.2, -0.15) is 11.8 Å². The van der Waals surface area contributed by atoms with E-state index in [9.17, 15) is 9.59 Å². The maximum Gasteiger partial charge on any atom is 0.262 e. The van der Waals surface area contributed by atoms with Crippen LogP contribution < -0.4 is 10.9 Å². The van der Waals surface area contributed by atoms with Crippen molar-refractivity contribution in [3.63, 3.8) is 0 Å². The lowest BCUT2D eigenvalue weighted by atomic mass is 10.1. The molecule has 0 radical (unpaired) electrons. The predicted molar refractivity (Wildman–Crippen MR) is 131 cm³/mol. The minimum atomic E-state index is -0.131. The second-order valence-corrected chi connectivity index (χ2v) is 9.09. The van der Waals surface area contributed by atoms with E-state index in [1.807, 2.05) is 60.8 Å². The van der Waals surface area contributed by atoms with Gasteiger partial charge in [-0.1, -0.05) is 42.0 Å². The van der Waals surface area contributed by atoms with Gasteiger partial charge in [0, 0.05) is 35.3 Å². The van der Waals surface area contributed by atoms with Gasteiger partial charge in [0.15, 0.2) is 0 Å². The lowest BCUT2D eigenvalue weighted by Crippen LogP contribution is -2.23. The van der Waals surface area contributed by atoms with Crippen LogP contribution in [0.15, 0.2) is 65.0 Å². The summed E-state index contributed by atoms with van der Waals surface area (Å²) in [4.78, 5) is 30.7. The molecule has 0 saturated heterocycles. The number of hydrogen-bond donors (Lipinski definition) is 1. The van der Waals surface area contributed by atoms with Gasteiger partial charge < -0.3 is 5.32 Å². The van der Waals surface area contributed by atoms with Crippen molar-refractivity contribution in [3.8, 4) is 11.1 Å². The van der Waals surface area contributed by atoms with Crippen molar-refractivity contribution in [3.05, 3.63) is 81.7 Å². The number of thiophene rings is 1. The molecule has 2 aromatic carbocycles. The van der Waals surface area contributed by atoms with Crippen molar-refractivity contribution in [1.82, 2.24) is 9.55 Å². The van der Waals surface area contributed by atoms with Crippen molar-refractivity contribution in [2.45, 2.75) is 25.6 Å². The number of thioether (sulfide) groups is 1. The first-order valence-corrected chi connectivity index (χ1v) is 12.2. The van der Waals surface area contributed by atoms with Gasteiger partial charge in [0.2, 0.25) is 5.91 Å². The highest BCUT2D eigenvalue weighted by atomic mass is 32.2. The summed E-state index contributed by atoms with van der Waals surface area (Å²) in [6, 6.07) is 15.9. The van der Waals surface area contributed by atoms with Crippen LogP contribution in [0.25, 0.3) is 21.3 Å². The average molecular weight is 450 g/mol. The predicted octanol–water partition coefficient (Wildman–Crippen LogP) is 5.33. The summed E-state index contributed by atoms with van der Waals surface area (Å²) in [7, 11) is 0. The van der Waals surface area contributed by atoms with Crippen molar-refractivity contribution in [2.24, 2.45) is 0 Å². The molecule has 0 aliphatic carbocycles. The standard InChI is InChI=1S/C24H23N3O2S2/c1-16-3-7-18(8-4-16)20-14-31-23-22(20)24(29)27(15-25-23)12-11-21(28)26-19-9-5-17(6-10-19)13-30-2/h3-10,14-15H,11-13H2,1-2H3,(H,26,28). The molecular formula is C24H23N3O2S2. The van der Waals surface area contributed by atoms with Gasteiger partial charge in [0.1, 0.15) is 4.83 Å². The number of amides is 1. The van der Waals surface area contributed by atoms with Gasteiger partial charge in [-0.3, -0.25) is 14.2 Å². The number of nitrogens with zero attached hydrogens (tertiary/aromatic N) is 2. The molecule has 5 nitrogen and oxygen atoms in total. The molecule has 0 spiro atoms. The minimum Gasteiger partial charge on any atom is -0.326 e. The van der Waals surface area contributed by atoms with E-state index in [4.69, 9.17) is 0 Å². The van der Waals surface area contributed by atoms with E-state index < -0.39 is 0 Å². The Kier molecular flexibility index (Phi) is 6.53. The number of hydrogen-bond acceptors (Lipinski definition) is 5. The average Bonchev–Trinajstić information content (AvgIpc) is 3.20. The maximum absolute atomic E-state index is 13.1. The van der Waals surface area contributed by atoms with Crippen LogP contribution in [0.1, 0.15) is 17.5 Å². The highest BCUT2D eigenvalue weighted by Crippen LogP contribution is 2.30. The second kappa shape index (κ2) is 9.49. The molecule has 158 valence electrons. The molecule has 0 saturated carbocycles. The molecule has 2 heterocycles. The molecule has 0 fully saturated rings. The number of fused-ring (bicyclic) bond motifs is 1. The SMILES string of the molecule is CSCc1ccc(NC(=O)CCn2cnc3scc(-c4ccc(C)cc4)c3c2=O)cc1. The normalized spacial score (nSPS) is 11.0. The Labute approximate surface area is 189 Å². The van der Waals surface area contributed by atoms with Gasteiger partial charge in [0.25, 0.3) is 5.56 Å². The Bertz CT molecular complexity index is 1260. The highest BCUT2D eigenvalue weighted by Gasteiger charge is 2.14. The first-order chi connectivity index (χ1) is 15.0. The van der Waals surface area contributed by atoms with Crippen LogP contribution in [0.5, 0.6) is 0 Å². The summed E-state index contributed by atoms with van der Waals surface area (Å²) < 4.78 is 1.52. The van der Waals surface area contributed by atoms with E-state index in [0.29, 0.717) is 10.2 Å². The van der Waals surface area contributed by atoms with Gasteiger partial charge >= 0.3 is 0 Å². The van der Waals surface area contributed by atoms with E-state index in [1.54, 1.807) is 11.8 Å². The van der Waals surface area contributed by atoms with Gasteiger partial charge in [0.05, 0.1) is 11.7 Å². The Morgan fingerprint density at radius 2 is 1.87 bits per heavy atom. The fourth-order valence-corrected chi connectivity index (χ4v) is 4.80. The number of rotatable bonds is 7. The molecule has 31 heavy (non-hydrogen) atoms. The van der Waals surface area contributed by atoms with E-state index in [2.05, 4.69) is 16.6 Å². The summed E-state index contributed by atoms with van der Waals surface area (Å²) in [6.45, 7) is 2.31. The number of anilines is 1. The molecule has 7 heteroatoms. The van der Waals surface area contributed by atoms with Crippen LogP contribution in [0.3, 0.4) is 0 Å². The molecule has 0 aliphatic heterocycles. The zero-order chi connectivity index (χ0) is 21.8. The summed E-state index contributed by atoms with van der Waals surface area (Å²) in [6.07, 6.45) is 3.79. The third kappa shape index (κ3) is 4.89. The molecular weight excluding hydrogens is 426 g/mol. The molecule has 0 aliphatic rings. The molecule has 2 aromatic heterocycles. The van der Waals surface area contributed by atoms with Gasteiger partial charge in [-0.15, -0.1) is 11.3 Å². The van der Waals surface area contributed by atoms with Crippen LogP contribution in [0.4, 0.5) is 5.69 Å². The molecule has 0 bridgehead atoms. The van der Waals surface area contributed by atoms with Crippen LogP contribution in [-0.2, 0) is 17.1 Å². The van der Waals surface area contributed by atoms with Crippen LogP contribution >= 0.6 is 23.1 Å². The first-order valence-electron chi connectivity index (χ1n) is 9.96. The number of benzene rings is 2. The Morgan fingerprint density at radius 3 is 2.58 bits per heavy atom. The molecule has 4 aromatic rings. The topological polar surface area (TPSA) is 64.0 Å². The fourth-order valence-electron chi connectivity index (χ4n) is 3.37. The number of aromatic nitrogens is 2. The molecule has 0 unspecified atom stereocenters. The van der Waals surface area contributed by atoms with Crippen molar-refractivity contribution < 1.29 is 4.79 Å². The molecule has 1 N–H and O–H groups in total. The van der Waals surface area contributed by atoms with Gasteiger partial charge in [-0.05, 0) is 36.4 Å². The monoisotopic (exact) mass is 449 g/mol. The third-order valence-corrected chi connectivity index (χ3v) is 6.56. The lowest BCUT2D eigenvalue weighted by molar-refractivity contribution is -0.116. The Balaban J connectivity index is 1.49. The smallest absolute Gasteiger partial charge is 0.262 e. The Hall–Kier alpha value is -2.90. The summed E-state index contributed by atoms with van der Waals surface area (Å²) >= 11 is 3.22. The van der Waals surface area contributed by atoms with Crippen molar-refractivity contribution >= 4 is 44.9 Å². The number of aryl methyl sites for hydroxylation is 2. The van der Waals surface area contributed by atoms with E-state index in [-0.39, 0.29) is 24.4 Å². The molecule has 4 rings (SSSR count). The van der Waals surface area contributed by atoms with E-state index in [1.165, 1.54) is 33.4 Å². The zero-order valence-electron chi connectivity index (χ0n) is 17.4. The largest absolute Gasteiger partial charge is 0.326 e. The number of carbonyl (C=O) groups excluding carboxylic acids is 1. The molecule has 1 amide bonds. The van der Waals surface area contributed by atoms with Gasteiger partial charge in [-0.25, -0.2) is 4.98 Å². The minimum absolute atomic E-state index is 0.115. The quantitative estimate of drug-likeness (QED) is 0.414. The fraction of sp³-hybridized carbons (Fsp3) is 0.208. The van der Waals surface area contributed by atoms with Crippen LogP contribution in [0, 0.1) is 6.92 Å². The van der Waals surface area contributed by atoms with E-state index in [0.717, 1.165) is 22.6 Å². The lowest BCUT2D eigenvalue weighted by Gasteiger charge is -2.08. The number of nitrogens with one attached hydrogen (secondary N) is 1. The van der Waals surface area contributed by atoms with Crippen LogP contribution in [0.2, 0.25) is 0 Å². The number of carbonyl (C=O) groups is 1. The maximum atomic E-state index is 13.1. The molecule has 0 atom stereocenters. The summed E-state index contributed by atoms with van der Waals surface area (Å²) in [5.74, 6) is 0.813. The summed E-state index contributed by atoms with van der Waals surface area (Å²) in [5, 5.41) is 5.48. The Morgan fingerprint density at radius 1 is 1.13 bits per heavy atom. The van der Waals surface area contributed by atoms with E-state index >= 15 is 0 Å². The highest BCUT2D eigenvalue weighted by molar-refractivity contribution is 7.97. The zero-order valence-corrected chi connectivity index (χ0v) is 19.1. The van der Waals surface area contributed by atoms with Crippen LogP contribution in [-0.4, -0.2) is 21.7 Å². The van der Waals surface area contributed by atoms with Crippen molar-refractivity contribution in [2.75, 3.05) is 11.6 Å². The summed E-state index contributed by atoms with van der Waals surface area (Å²) in [5.41, 5.74) is 4.92. The van der Waals surface area contributed by atoms with Crippen molar-refractivity contribution in [1.29, 1.82) is 0 Å². The second-order valence-electron chi connectivity index (χ2n) is 7.37.